The molecule has 0 spiro atoms. The molecule has 13 heavy (non-hydrogen) atoms. The molecule has 3 heteroatoms. The van der Waals surface area contributed by atoms with Crippen LogP contribution in [-0.2, 0) is 4.79 Å². The Kier molecular flexibility index (Phi) is 6.45. The fourth-order valence-electron chi connectivity index (χ4n) is 1.04. The van der Waals surface area contributed by atoms with Gasteiger partial charge in [-0.1, -0.05) is 19.4 Å². The minimum Gasteiger partial charge on any atom is -0.396 e. The highest BCUT2D eigenvalue weighted by Crippen LogP contribution is 2.07. The predicted molar refractivity (Wildman–Crippen MR) is 51.4 cm³/mol. The van der Waals surface area contributed by atoms with Gasteiger partial charge < -0.3 is 10.2 Å². The molecular formula is C10H18O3. The van der Waals surface area contributed by atoms with Crippen LogP contribution in [0.1, 0.15) is 32.6 Å². The van der Waals surface area contributed by atoms with Crippen molar-refractivity contribution in [2.45, 2.75) is 38.7 Å². The largest absolute Gasteiger partial charge is 0.396 e. The molecule has 0 aromatic heterocycles. The van der Waals surface area contributed by atoms with Gasteiger partial charge in [-0.3, -0.25) is 4.79 Å². The van der Waals surface area contributed by atoms with Gasteiger partial charge in [0.2, 0.25) is 0 Å². The van der Waals surface area contributed by atoms with Crippen LogP contribution in [0, 0.1) is 0 Å². The van der Waals surface area contributed by atoms with Crippen molar-refractivity contribution in [2.75, 3.05) is 6.61 Å². The highest BCUT2D eigenvalue weighted by atomic mass is 16.3. The maximum atomic E-state index is 11.1. The van der Waals surface area contributed by atoms with Gasteiger partial charge in [-0.15, -0.1) is 0 Å². The highest BCUT2D eigenvalue weighted by Gasteiger charge is 2.14. The third-order valence-electron chi connectivity index (χ3n) is 1.86. The molecule has 0 heterocycles. The van der Waals surface area contributed by atoms with E-state index in [-0.39, 0.29) is 12.4 Å². The summed E-state index contributed by atoms with van der Waals surface area (Å²) in [6.07, 6.45) is 1.90. The molecule has 0 fully saturated rings. The molecule has 0 aliphatic rings. The van der Waals surface area contributed by atoms with Crippen LogP contribution in [0.4, 0.5) is 0 Å². The van der Waals surface area contributed by atoms with Crippen LogP contribution in [0.3, 0.4) is 0 Å². The van der Waals surface area contributed by atoms with Crippen molar-refractivity contribution in [3.05, 3.63) is 12.2 Å². The van der Waals surface area contributed by atoms with E-state index in [2.05, 4.69) is 6.58 Å². The van der Waals surface area contributed by atoms with Crippen LogP contribution < -0.4 is 0 Å². The number of aliphatic hydroxyl groups is 2. The Morgan fingerprint density at radius 2 is 2.00 bits per heavy atom. The number of carbonyl (C=O) groups excluding carboxylic acids is 1. The van der Waals surface area contributed by atoms with E-state index in [1.807, 2.05) is 0 Å². The highest BCUT2D eigenvalue weighted by molar-refractivity contribution is 5.97. The molecule has 0 aliphatic heterocycles. The van der Waals surface area contributed by atoms with E-state index in [0.29, 0.717) is 12.0 Å². The van der Waals surface area contributed by atoms with Crippen LogP contribution >= 0.6 is 0 Å². The summed E-state index contributed by atoms with van der Waals surface area (Å²) in [4.78, 5) is 11.1. The smallest absolute Gasteiger partial charge is 0.186 e. The minimum atomic E-state index is -0.906. The Labute approximate surface area is 79.1 Å². The molecule has 0 aromatic rings. The molecule has 2 N–H and O–H groups in total. The van der Waals surface area contributed by atoms with Crippen molar-refractivity contribution in [1.29, 1.82) is 0 Å². The van der Waals surface area contributed by atoms with E-state index in [1.165, 1.54) is 0 Å². The monoisotopic (exact) mass is 186 g/mol. The van der Waals surface area contributed by atoms with Crippen molar-refractivity contribution in [3.63, 3.8) is 0 Å². The maximum absolute atomic E-state index is 11.1. The summed E-state index contributed by atoms with van der Waals surface area (Å²) in [5.41, 5.74) is 0.398. The maximum Gasteiger partial charge on any atom is 0.186 e. The lowest BCUT2D eigenvalue weighted by Crippen LogP contribution is -2.20. The lowest BCUT2D eigenvalue weighted by molar-refractivity contribution is -0.123. The Balaban J connectivity index is 3.56. The molecule has 0 saturated carbocycles. The second-order valence-corrected chi connectivity index (χ2v) is 3.23. The van der Waals surface area contributed by atoms with Crippen molar-refractivity contribution < 1.29 is 15.0 Å². The zero-order chi connectivity index (χ0) is 10.3. The average Bonchev–Trinajstić information content (AvgIpc) is 2.10. The van der Waals surface area contributed by atoms with Gasteiger partial charge in [-0.2, -0.15) is 0 Å². The number of unbranched alkanes of at least 4 members (excludes halogenated alkanes) is 2. The number of aliphatic hydroxyl groups excluding tert-OH is 2. The molecule has 0 rings (SSSR count). The number of Topliss-reactive ketones (excluding diaryl/α,β-unsaturated/α-hetero) is 1. The summed E-state index contributed by atoms with van der Waals surface area (Å²) < 4.78 is 0. The van der Waals surface area contributed by atoms with Crippen molar-refractivity contribution in [3.8, 4) is 0 Å². The first-order chi connectivity index (χ1) is 6.09. The second-order valence-electron chi connectivity index (χ2n) is 3.23. The number of rotatable bonds is 7. The van der Waals surface area contributed by atoms with Crippen LogP contribution in [0.15, 0.2) is 12.2 Å². The Hall–Kier alpha value is -0.670. The van der Waals surface area contributed by atoms with Gasteiger partial charge in [0.15, 0.2) is 5.78 Å². The van der Waals surface area contributed by atoms with E-state index in [1.54, 1.807) is 6.92 Å². The van der Waals surface area contributed by atoms with Crippen molar-refractivity contribution in [2.24, 2.45) is 0 Å². The normalized spacial score (nSPS) is 12.5. The zero-order valence-electron chi connectivity index (χ0n) is 8.12. The summed E-state index contributed by atoms with van der Waals surface area (Å²) in [7, 11) is 0. The van der Waals surface area contributed by atoms with Crippen molar-refractivity contribution >= 4 is 5.78 Å². The Morgan fingerprint density at radius 1 is 1.38 bits per heavy atom. The van der Waals surface area contributed by atoms with Crippen LogP contribution in [0.5, 0.6) is 0 Å². The number of carbonyl (C=O) groups is 1. The fourth-order valence-corrected chi connectivity index (χ4v) is 1.04. The molecule has 1 atom stereocenters. The first-order valence-electron chi connectivity index (χ1n) is 4.58. The second kappa shape index (κ2) is 6.80. The van der Waals surface area contributed by atoms with Gasteiger partial charge in [0.1, 0.15) is 6.10 Å². The molecule has 0 saturated heterocycles. The molecule has 1 unspecified atom stereocenters. The summed E-state index contributed by atoms with van der Waals surface area (Å²) in [5, 5.41) is 17.8. The van der Waals surface area contributed by atoms with Gasteiger partial charge in [0.25, 0.3) is 0 Å². The lowest BCUT2D eigenvalue weighted by atomic mass is 10.0. The Morgan fingerprint density at radius 3 is 2.46 bits per heavy atom. The standard InChI is InChI=1S/C10H18O3/c1-8(2)10(13)9(12)6-4-3-5-7-11/h9,11-12H,1,3-7H2,2H3. The fraction of sp³-hybridized carbons (Fsp3) is 0.700. The topological polar surface area (TPSA) is 57.5 Å². The quantitative estimate of drug-likeness (QED) is 0.461. The van der Waals surface area contributed by atoms with Gasteiger partial charge in [0, 0.05) is 6.61 Å². The molecule has 0 aliphatic carbocycles. The molecule has 0 bridgehead atoms. The van der Waals surface area contributed by atoms with Gasteiger partial charge in [0.05, 0.1) is 0 Å². The minimum absolute atomic E-state index is 0.171. The van der Waals surface area contributed by atoms with E-state index in [9.17, 15) is 9.90 Å². The summed E-state index contributed by atoms with van der Waals surface area (Å²) in [6, 6.07) is 0. The van der Waals surface area contributed by atoms with E-state index in [0.717, 1.165) is 19.3 Å². The van der Waals surface area contributed by atoms with E-state index in [4.69, 9.17) is 5.11 Å². The number of hydrogen-bond donors (Lipinski definition) is 2. The van der Waals surface area contributed by atoms with Crippen LogP contribution in [0.25, 0.3) is 0 Å². The SMILES string of the molecule is C=C(C)C(=O)C(O)CCCCCO. The third kappa shape index (κ3) is 5.55. The summed E-state index contributed by atoms with van der Waals surface area (Å²) in [5.74, 6) is -0.274. The first kappa shape index (κ1) is 12.3. The molecular weight excluding hydrogens is 168 g/mol. The molecule has 76 valence electrons. The van der Waals surface area contributed by atoms with Gasteiger partial charge >= 0.3 is 0 Å². The third-order valence-corrected chi connectivity index (χ3v) is 1.86. The molecule has 0 aromatic carbocycles. The zero-order valence-corrected chi connectivity index (χ0v) is 8.12. The average molecular weight is 186 g/mol. The summed E-state index contributed by atoms with van der Waals surface area (Å²) >= 11 is 0. The number of ketones is 1. The predicted octanol–water partition coefficient (Wildman–Crippen LogP) is 1.05. The van der Waals surface area contributed by atoms with Gasteiger partial charge in [-0.05, 0) is 25.3 Å². The van der Waals surface area contributed by atoms with E-state index < -0.39 is 6.10 Å². The molecule has 0 amide bonds. The lowest BCUT2D eigenvalue weighted by Gasteiger charge is -2.08. The van der Waals surface area contributed by atoms with Crippen LogP contribution in [0.2, 0.25) is 0 Å². The van der Waals surface area contributed by atoms with Gasteiger partial charge in [-0.25, -0.2) is 0 Å². The number of hydrogen-bond acceptors (Lipinski definition) is 3. The first-order valence-corrected chi connectivity index (χ1v) is 4.58. The van der Waals surface area contributed by atoms with E-state index >= 15 is 0 Å². The summed E-state index contributed by atoms with van der Waals surface area (Å²) in [6.45, 7) is 5.24. The molecule has 0 radical (unpaired) electrons. The van der Waals surface area contributed by atoms with Crippen LogP contribution in [-0.4, -0.2) is 28.7 Å². The van der Waals surface area contributed by atoms with Crippen molar-refractivity contribution in [1.82, 2.24) is 0 Å². The molecule has 3 nitrogen and oxygen atoms in total. The Bertz CT molecular complexity index is 175.